The Kier molecular flexibility index (Phi) is 3.28. The van der Waals surface area contributed by atoms with Crippen LogP contribution in [0.3, 0.4) is 0 Å². The Morgan fingerprint density at radius 3 is 2.44 bits per heavy atom. The first kappa shape index (κ1) is 12.6. The standard InChI is InChI=1S/C11H13F2NO2/c1-11(2,10(15)16)9(14)7-4-3-6(12)5-8(7)13/h3-5,9H,14H2,1-2H3,(H,15,16). The largest absolute Gasteiger partial charge is 0.481 e. The van der Waals surface area contributed by atoms with Gasteiger partial charge in [0.15, 0.2) is 0 Å². The smallest absolute Gasteiger partial charge is 0.311 e. The summed E-state index contributed by atoms with van der Waals surface area (Å²) >= 11 is 0. The number of aliphatic carboxylic acids is 1. The fourth-order valence-electron chi connectivity index (χ4n) is 1.28. The Balaban J connectivity index is 3.14. The molecule has 0 fully saturated rings. The summed E-state index contributed by atoms with van der Waals surface area (Å²) in [6, 6.07) is 1.87. The van der Waals surface area contributed by atoms with Crippen LogP contribution in [0, 0.1) is 17.0 Å². The Labute approximate surface area is 91.9 Å². The molecule has 0 bridgehead atoms. The average Bonchev–Trinajstić information content (AvgIpc) is 2.16. The van der Waals surface area contributed by atoms with Crippen LogP contribution in [0.15, 0.2) is 18.2 Å². The fourth-order valence-corrected chi connectivity index (χ4v) is 1.28. The van der Waals surface area contributed by atoms with Gasteiger partial charge in [-0.3, -0.25) is 4.79 Å². The van der Waals surface area contributed by atoms with Crippen molar-refractivity contribution in [1.29, 1.82) is 0 Å². The van der Waals surface area contributed by atoms with Gasteiger partial charge >= 0.3 is 5.97 Å². The SMILES string of the molecule is CC(C)(C(=O)O)C(N)c1ccc(F)cc1F. The van der Waals surface area contributed by atoms with Crippen LogP contribution in [0.5, 0.6) is 0 Å². The predicted octanol–water partition coefficient (Wildman–Crippen LogP) is 2.08. The summed E-state index contributed by atoms with van der Waals surface area (Å²) in [5.74, 6) is -2.69. The van der Waals surface area contributed by atoms with Gasteiger partial charge in [0.1, 0.15) is 11.6 Å². The molecule has 0 saturated carbocycles. The molecule has 0 amide bonds. The molecule has 16 heavy (non-hydrogen) atoms. The maximum Gasteiger partial charge on any atom is 0.311 e. The van der Waals surface area contributed by atoms with Crippen LogP contribution >= 0.6 is 0 Å². The number of carbonyl (C=O) groups is 1. The molecule has 1 atom stereocenters. The summed E-state index contributed by atoms with van der Waals surface area (Å²) in [5, 5.41) is 8.94. The first-order valence-corrected chi connectivity index (χ1v) is 4.70. The quantitative estimate of drug-likeness (QED) is 0.834. The summed E-state index contributed by atoms with van der Waals surface area (Å²) in [7, 11) is 0. The van der Waals surface area contributed by atoms with E-state index in [9.17, 15) is 13.6 Å². The van der Waals surface area contributed by atoms with Crippen molar-refractivity contribution in [2.45, 2.75) is 19.9 Å². The molecule has 0 saturated heterocycles. The number of carboxylic acids is 1. The fraction of sp³-hybridized carbons (Fsp3) is 0.364. The minimum absolute atomic E-state index is 0.00574. The number of hydrogen-bond donors (Lipinski definition) is 2. The lowest BCUT2D eigenvalue weighted by Gasteiger charge is -2.27. The first-order valence-electron chi connectivity index (χ1n) is 4.70. The molecule has 0 aliphatic rings. The molecule has 0 aliphatic heterocycles. The highest BCUT2D eigenvalue weighted by atomic mass is 19.1. The van der Waals surface area contributed by atoms with Crippen LogP contribution in [-0.4, -0.2) is 11.1 Å². The van der Waals surface area contributed by atoms with Crippen molar-refractivity contribution in [1.82, 2.24) is 0 Å². The molecular formula is C11H13F2NO2. The Morgan fingerprint density at radius 1 is 1.44 bits per heavy atom. The summed E-state index contributed by atoms with van der Waals surface area (Å²) in [6.45, 7) is 2.78. The van der Waals surface area contributed by atoms with Crippen molar-refractivity contribution in [2.24, 2.45) is 11.1 Å². The monoisotopic (exact) mass is 229 g/mol. The van der Waals surface area contributed by atoms with Crippen LogP contribution in [0.2, 0.25) is 0 Å². The maximum absolute atomic E-state index is 13.4. The summed E-state index contributed by atoms with van der Waals surface area (Å²) < 4.78 is 26.1. The highest BCUT2D eigenvalue weighted by Gasteiger charge is 2.36. The molecule has 1 aromatic rings. The summed E-state index contributed by atoms with van der Waals surface area (Å²) in [5.41, 5.74) is 4.35. The number of halogens is 2. The molecule has 5 heteroatoms. The minimum Gasteiger partial charge on any atom is -0.481 e. The van der Waals surface area contributed by atoms with Crippen molar-refractivity contribution in [3.63, 3.8) is 0 Å². The van der Waals surface area contributed by atoms with Gasteiger partial charge in [-0.15, -0.1) is 0 Å². The zero-order valence-electron chi connectivity index (χ0n) is 9.00. The van der Waals surface area contributed by atoms with E-state index in [4.69, 9.17) is 10.8 Å². The van der Waals surface area contributed by atoms with E-state index < -0.39 is 29.1 Å². The van der Waals surface area contributed by atoms with Gasteiger partial charge in [-0.2, -0.15) is 0 Å². The lowest BCUT2D eigenvalue weighted by atomic mass is 9.81. The second kappa shape index (κ2) is 4.17. The van der Waals surface area contributed by atoms with E-state index in [1.807, 2.05) is 0 Å². The predicted molar refractivity (Wildman–Crippen MR) is 54.7 cm³/mol. The van der Waals surface area contributed by atoms with Gasteiger partial charge in [-0.25, -0.2) is 8.78 Å². The van der Waals surface area contributed by atoms with Crippen LogP contribution < -0.4 is 5.73 Å². The van der Waals surface area contributed by atoms with E-state index in [0.717, 1.165) is 6.07 Å². The Hall–Kier alpha value is -1.49. The molecule has 1 rings (SSSR count). The van der Waals surface area contributed by atoms with Gasteiger partial charge in [0.25, 0.3) is 0 Å². The summed E-state index contributed by atoms with van der Waals surface area (Å²) in [6.07, 6.45) is 0. The van der Waals surface area contributed by atoms with E-state index in [1.165, 1.54) is 19.9 Å². The van der Waals surface area contributed by atoms with Crippen molar-refractivity contribution in [3.05, 3.63) is 35.4 Å². The van der Waals surface area contributed by atoms with Crippen molar-refractivity contribution in [2.75, 3.05) is 0 Å². The Bertz CT molecular complexity index is 418. The zero-order chi connectivity index (χ0) is 12.5. The average molecular weight is 229 g/mol. The number of nitrogens with two attached hydrogens (primary N) is 1. The topological polar surface area (TPSA) is 63.3 Å². The molecule has 0 aliphatic carbocycles. The molecule has 0 radical (unpaired) electrons. The maximum atomic E-state index is 13.4. The minimum atomic E-state index is -1.32. The molecule has 1 unspecified atom stereocenters. The highest BCUT2D eigenvalue weighted by molar-refractivity contribution is 5.75. The van der Waals surface area contributed by atoms with E-state index in [-0.39, 0.29) is 5.56 Å². The van der Waals surface area contributed by atoms with Crippen molar-refractivity contribution < 1.29 is 18.7 Å². The van der Waals surface area contributed by atoms with Crippen molar-refractivity contribution >= 4 is 5.97 Å². The Morgan fingerprint density at radius 2 is 2.00 bits per heavy atom. The van der Waals surface area contributed by atoms with Gasteiger partial charge in [0.05, 0.1) is 5.41 Å². The van der Waals surface area contributed by atoms with E-state index >= 15 is 0 Å². The molecule has 0 heterocycles. The third-order valence-electron chi connectivity index (χ3n) is 2.63. The van der Waals surface area contributed by atoms with Gasteiger partial charge in [0.2, 0.25) is 0 Å². The summed E-state index contributed by atoms with van der Waals surface area (Å²) in [4.78, 5) is 10.9. The number of carboxylic acid groups (broad SMARTS) is 1. The van der Waals surface area contributed by atoms with E-state index in [0.29, 0.717) is 6.07 Å². The lowest BCUT2D eigenvalue weighted by Crippen LogP contribution is -2.36. The van der Waals surface area contributed by atoms with E-state index in [1.54, 1.807) is 0 Å². The number of benzene rings is 1. The van der Waals surface area contributed by atoms with Gasteiger partial charge in [0, 0.05) is 17.7 Å². The third kappa shape index (κ3) is 2.19. The molecule has 1 aromatic carbocycles. The van der Waals surface area contributed by atoms with Crippen molar-refractivity contribution in [3.8, 4) is 0 Å². The van der Waals surface area contributed by atoms with Crippen LogP contribution in [0.1, 0.15) is 25.5 Å². The third-order valence-corrected chi connectivity index (χ3v) is 2.63. The molecule has 3 N–H and O–H groups in total. The molecule has 0 aromatic heterocycles. The number of rotatable bonds is 3. The normalized spacial score (nSPS) is 13.6. The van der Waals surface area contributed by atoms with Gasteiger partial charge in [-0.05, 0) is 19.9 Å². The molecular weight excluding hydrogens is 216 g/mol. The molecule has 3 nitrogen and oxygen atoms in total. The van der Waals surface area contributed by atoms with Gasteiger partial charge in [-0.1, -0.05) is 6.07 Å². The first-order chi connectivity index (χ1) is 7.26. The second-order valence-corrected chi connectivity index (χ2v) is 4.17. The van der Waals surface area contributed by atoms with E-state index in [2.05, 4.69) is 0 Å². The van der Waals surface area contributed by atoms with Crippen LogP contribution in [0.4, 0.5) is 8.78 Å². The van der Waals surface area contributed by atoms with Crippen LogP contribution in [-0.2, 0) is 4.79 Å². The second-order valence-electron chi connectivity index (χ2n) is 4.17. The van der Waals surface area contributed by atoms with Gasteiger partial charge < -0.3 is 10.8 Å². The lowest BCUT2D eigenvalue weighted by molar-refractivity contribution is -0.148. The zero-order valence-corrected chi connectivity index (χ0v) is 9.00. The highest BCUT2D eigenvalue weighted by Crippen LogP contribution is 2.32. The molecule has 88 valence electrons. The van der Waals surface area contributed by atoms with Crippen LogP contribution in [0.25, 0.3) is 0 Å². The molecule has 0 spiro atoms. The number of hydrogen-bond acceptors (Lipinski definition) is 2.